The van der Waals surface area contributed by atoms with E-state index in [1.165, 1.54) is 33.3 Å². The largest absolute Gasteiger partial charge is 0.357 e. The van der Waals surface area contributed by atoms with Gasteiger partial charge in [0.1, 0.15) is 0 Å². The summed E-state index contributed by atoms with van der Waals surface area (Å²) in [6.45, 7) is 7.41. The van der Waals surface area contributed by atoms with Crippen LogP contribution in [0.25, 0.3) is 10.9 Å². The van der Waals surface area contributed by atoms with Crippen LogP contribution >= 0.6 is 0 Å². The van der Waals surface area contributed by atoms with Gasteiger partial charge in [0.2, 0.25) is 0 Å². The second-order valence-corrected chi connectivity index (χ2v) is 4.26. The molecule has 0 atom stereocenters. The molecule has 0 unspecified atom stereocenters. The average molecular weight is 202 g/mol. The summed E-state index contributed by atoms with van der Waals surface area (Å²) in [6.07, 6.45) is 0. The number of H-pyrrole nitrogens is 1. The summed E-state index contributed by atoms with van der Waals surface area (Å²) in [5, 5.41) is 4.57. The van der Waals surface area contributed by atoms with Crippen LogP contribution in [-0.2, 0) is 6.54 Å². The van der Waals surface area contributed by atoms with Crippen molar-refractivity contribution in [3.05, 3.63) is 34.5 Å². The van der Waals surface area contributed by atoms with Gasteiger partial charge in [-0.15, -0.1) is 0 Å². The van der Waals surface area contributed by atoms with Gasteiger partial charge in [-0.3, -0.25) is 0 Å². The van der Waals surface area contributed by atoms with Gasteiger partial charge in [0, 0.05) is 23.1 Å². The highest BCUT2D eigenvalue weighted by Gasteiger charge is 2.09. The number of aromatic nitrogens is 1. The fourth-order valence-electron chi connectivity index (χ4n) is 2.32. The molecule has 0 aliphatic rings. The molecule has 0 aliphatic carbocycles. The Bertz CT molecular complexity index is 495. The maximum Gasteiger partial charge on any atom is 0.0464 e. The van der Waals surface area contributed by atoms with Crippen molar-refractivity contribution in [3.8, 4) is 0 Å². The number of aromatic amines is 1. The normalized spacial score (nSPS) is 11.2. The lowest BCUT2D eigenvalue weighted by atomic mass is 10.0. The summed E-state index contributed by atoms with van der Waals surface area (Å²) in [5.41, 5.74) is 6.60. The standard InChI is InChI=1S/C13H18N2/c1-8-5-9(2)13-10(3)12(7-14-4)15-11(13)6-8/h5-6,14-15H,7H2,1-4H3. The van der Waals surface area contributed by atoms with Crippen LogP contribution in [0.2, 0.25) is 0 Å². The van der Waals surface area contributed by atoms with Crippen molar-refractivity contribution in [2.45, 2.75) is 27.3 Å². The van der Waals surface area contributed by atoms with Crippen LogP contribution in [0.1, 0.15) is 22.4 Å². The summed E-state index contributed by atoms with van der Waals surface area (Å²) in [4.78, 5) is 3.48. The Kier molecular flexibility index (Phi) is 2.53. The van der Waals surface area contributed by atoms with Gasteiger partial charge in [0.05, 0.1) is 0 Å². The molecule has 2 aromatic rings. The van der Waals surface area contributed by atoms with E-state index in [0.717, 1.165) is 6.54 Å². The molecule has 1 aromatic carbocycles. The van der Waals surface area contributed by atoms with Gasteiger partial charge in [-0.05, 0) is 50.6 Å². The molecule has 0 aliphatic heterocycles. The van der Waals surface area contributed by atoms with Crippen molar-refractivity contribution in [1.29, 1.82) is 0 Å². The maximum atomic E-state index is 3.48. The topological polar surface area (TPSA) is 27.8 Å². The summed E-state index contributed by atoms with van der Waals surface area (Å²) in [7, 11) is 1.98. The number of aryl methyl sites for hydroxylation is 3. The quantitative estimate of drug-likeness (QED) is 0.770. The minimum Gasteiger partial charge on any atom is -0.357 e. The predicted molar refractivity (Wildman–Crippen MR) is 65.3 cm³/mol. The zero-order chi connectivity index (χ0) is 11.0. The second kappa shape index (κ2) is 3.70. The molecule has 2 heteroatoms. The van der Waals surface area contributed by atoms with E-state index in [4.69, 9.17) is 0 Å². The molecule has 15 heavy (non-hydrogen) atoms. The molecule has 1 aromatic heterocycles. The van der Waals surface area contributed by atoms with E-state index in [-0.39, 0.29) is 0 Å². The van der Waals surface area contributed by atoms with Gasteiger partial charge in [-0.2, -0.15) is 0 Å². The molecule has 0 saturated heterocycles. The molecule has 0 fully saturated rings. The highest BCUT2D eigenvalue weighted by Crippen LogP contribution is 2.26. The fourth-order valence-corrected chi connectivity index (χ4v) is 2.32. The van der Waals surface area contributed by atoms with E-state index in [0.29, 0.717) is 0 Å². The van der Waals surface area contributed by atoms with E-state index in [2.05, 4.69) is 43.2 Å². The maximum absolute atomic E-state index is 3.48. The molecular weight excluding hydrogens is 184 g/mol. The first-order valence-corrected chi connectivity index (χ1v) is 5.36. The molecule has 80 valence electrons. The molecule has 2 nitrogen and oxygen atoms in total. The predicted octanol–water partition coefficient (Wildman–Crippen LogP) is 2.81. The number of rotatable bonds is 2. The van der Waals surface area contributed by atoms with Gasteiger partial charge >= 0.3 is 0 Å². The van der Waals surface area contributed by atoms with E-state index in [1.54, 1.807) is 0 Å². The minimum atomic E-state index is 0.902. The summed E-state index contributed by atoms with van der Waals surface area (Å²) in [6, 6.07) is 4.46. The number of hydrogen-bond acceptors (Lipinski definition) is 1. The first-order valence-electron chi connectivity index (χ1n) is 5.36. The van der Waals surface area contributed by atoms with Crippen LogP contribution in [0.5, 0.6) is 0 Å². The van der Waals surface area contributed by atoms with Crippen molar-refractivity contribution in [1.82, 2.24) is 10.3 Å². The Morgan fingerprint density at radius 1 is 1.20 bits per heavy atom. The number of hydrogen-bond donors (Lipinski definition) is 2. The Hall–Kier alpha value is -1.28. The van der Waals surface area contributed by atoms with Crippen LogP contribution < -0.4 is 5.32 Å². The van der Waals surface area contributed by atoms with Crippen LogP contribution in [0.15, 0.2) is 12.1 Å². The number of fused-ring (bicyclic) bond motifs is 1. The fraction of sp³-hybridized carbons (Fsp3) is 0.385. The van der Waals surface area contributed by atoms with Crippen molar-refractivity contribution in [3.63, 3.8) is 0 Å². The number of benzene rings is 1. The lowest BCUT2D eigenvalue weighted by molar-refractivity contribution is 0.794. The lowest BCUT2D eigenvalue weighted by Gasteiger charge is -2.00. The minimum absolute atomic E-state index is 0.902. The van der Waals surface area contributed by atoms with Crippen LogP contribution in [-0.4, -0.2) is 12.0 Å². The number of nitrogens with one attached hydrogen (secondary N) is 2. The van der Waals surface area contributed by atoms with Crippen molar-refractivity contribution >= 4 is 10.9 Å². The van der Waals surface area contributed by atoms with Crippen LogP contribution in [0.4, 0.5) is 0 Å². The molecule has 0 saturated carbocycles. The van der Waals surface area contributed by atoms with E-state index >= 15 is 0 Å². The van der Waals surface area contributed by atoms with Crippen molar-refractivity contribution in [2.75, 3.05) is 7.05 Å². The molecule has 0 radical (unpaired) electrons. The third-order valence-corrected chi connectivity index (χ3v) is 2.95. The third kappa shape index (κ3) is 1.65. The highest BCUT2D eigenvalue weighted by atomic mass is 14.9. The molecule has 2 N–H and O–H groups in total. The van der Waals surface area contributed by atoms with Gasteiger partial charge in [0.25, 0.3) is 0 Å². The monoisotopic (exact) mass is 202 g/mol. The molecule has 0 amide bonds. The Labute approximate surface area is 90.7 Å². The Morgan fingerprint density at radius 2 is 1.93 bits per heavy atom. The van der Waals surface area contributed by atoms with E-state index in [9.17, 15) is 0 Å². The lowest BCUT2D eigenvalue weighted by Crippen LogP contribution is -2.06. The first-order chi connectivity index (χ1) is 7.13. The van der Waals surface area contributed by atoms with Gasteiger partial charge in [-0.1, -0.05) is 6.07 Å². The average Bonchev–Trinajstić information content (AvgIpc) is 2.43. The van der Waals surface area contributed by atoms with Gasteiger partial charge < -0.3 is 10.3 Å². The van der Waals surface area contributed by atoms with E-state index in [1.807, 2.05) is 7.05 Å². The van der Waals surface area contributed by atoms with Gasteiger partial charge in [-0.25, -0.2) is 0 Å². The first kappa shape index (κ1) is 10.2. The smallest absolute Gasteiger partial charge is 0.0464 e. The molecular formula is C13H18N2. The summed E-state index contributed by atoms with van der Waals surface area (Å²) < 4.78 is 0. The zero-order valence-electron chi connectivity index (χ0n) is 9.86. The molecule has 0 spiro atoms. The van der Waals surface area contributed by atoms with Crippen LogP contribution in [0, 0.1) is 20.8 Å². The van der Waals surface area contributed by atoms with Gasteiger partial charge in [0.15, 0.2) is 0 Å². The second-order valence-electron chi connectivity index (χ2n) is 4.26. The third-order valence-electron chi connectivity index (χ3n) is 2.95. The summed E-state index contributed by atoms with van der Waals surface area (Å²) >= 11 is 0. The molecule has 1 heterocycles. The van der Waals surface area contributed by atoms with Crippen LogP contribution in [0.3, 0.4) is 0 Å². The summed E-state index contributed by atoms with van der Waals surface area (Å²) in [5.74, 6) is 0. The Balaban J connectivity index is 2.70. The van der Waals surface area contributed by atoms with Crippen molar-refractivity contribution < 1.29 is 0 Å². The van der Waals surface area contributed by atoms with Crippen molar-refractivity contribution in [2.24, 2.45) is 0 Å². The molecule has 2 rings (SSSR count). The SMILES string of the molecule is CNCc1[nH]c2cc(C)cc(C)c2c1C. The Morgan fingerprint density at radius 3 is 2.60 bits per heavy atom. The molecule has 0 bridgehead atoms. The van der Waals surface area contributed by atoms with E-state index < -0.39 is 0 Å². The highest BCUT2D eigenvalue weighted by molar-refractivity contribution is 5.88. The zero-order valence-corrected chi connectivity index (χ0v) is 9.86.